The van der Waals surface area contributed by atoms with Crippen LogP contribution in [-0.4, -0.2) is 89.0 Å². The summed E-state index contributed by atoms with van der Waals surface area (Å²) in [5.41, 5.74) is 0. The number of aliphatic hydroxyl groups excluding tert-OH is 4. The van der Waals surface area contributed by atoms with E-state index in [1.165, 1.54) is 57.8 Å². The van der Waals surface area contributed by atoms with Gasteiger partial charge in [0, 0.05) is 19.5 Å². The largest absolute Gasteiger partial charge is 0.447 e. The first kappa shape index (κ1) is 37.0. The van der Waals surface area contributed by atoms with Crippen molar-refractivity contribution in [3.63, 3.8) is 0 Å². The lowest BCUT2D eigenvalue weighted by Gasteiger charge is -2.37. The number of alkyl carbamates (subject to hydrolysis) is 2. The maximum absolute atomic E-state index is 11.8. The van der Waals surface area contributed by atoms with Crippen molar-refractivity contribution in [2.75, 3.05) is 19.7 Å². The molecule has 1 saturated heterocycles. The van der Waals surface area contributed by atoms with Crippen LogP contribution in [0, 0.1) is 0 Å². The molecule has 12 heteroatoms. The molecular weight excluding hydrogens is 536 g/mol. The molecule has 0 aromatic carbocycles. The van der Waals surface area contributed by atoms with Crippen LogP contribution in [0.5, 0.6) is 0 Å². The van der Waals surface area contributed by atoms with Crippen molar-refractivity contribution in [3.05, 3.63) is 0 Å². The van der Waals surface area contributed by atoms with Crippen LogP contribution < -0.4 is 10.6 Å². The summed E-state index contributed by atoms with van der Waals surface area (Å²) < 4.78 is 14.7. The van der Waals surface area contributed by atoms with Crippen molar-refractivity contribution in [3.8, 4) is 0 Å². The molecule has 0 aromatic heterocycles. The van der Waals surface area contributed by atoms with Crippen LogP contribution in [0.15, 0.2) is 0 Å². The first-order valence-electron chi connectivity index (χ1n) is 15.5. The predicted molar refractivity (Wildman–Crippen MR) is 152 cm³/mol. The van der Waals surface area contributed by atoms with Crippen molar-refractivity contribution in [2.45, 2.75) is 147 Å². The van der Waals surface area contributed by atoms with Crippen LogP contribution in [0.3, 0.4) is 0 Å². The minimum atomic E-state index is -1.69. The number of amides is 2. The summed E-state index contributed by atoms with van der Waals surface area (Å²) >= 11 is 0. The van der Waals surface area contributed by atoms with Gasteiger partial charge in [0.15, 0.2) is 6.29 Å². The minimum Gasteiger partial charge on any atom is -0.447 e. The Morgan fingerprint density at radius 2 is 1.12 bits per heavy atom. The Kier molecular flexibility index (Phi) is 21.3. The van der Waals surface area contributed by atoms with Crippen LogP contribution in [-0.2, 0) is 19.0 Å². The zero-order chi connectivity index (χ0) is 30.3. The third-order valence-electron chi connectivity index (χ3n) is 7.15. The Labute approximate surface area is 244 Å². The van der Waals surface area contributed by atoms with Crippen molar-refractivity contribution in [2.24, 2.45) is 0 Å². The second-order valence-corrected chi connectivity index (χ2v) is 10.8. The van der Waals surface area contributed by atoms with E-state index < -0.39 is 55.5 Å². The molecule has 1 aliphatic heterocycles. The molecule has 2 amide bonds. The molecule has 6 N–H and O–H groups in total. The van der Waals surface area contributed by atoms with Gasteiger partial charge in [0.1, 0.15) is 31.0 Å². The lowest BCUT2D eigenvalue weighted by molar-refractivity contribution is -0.286. The number of aliphatic hydroxyl groups is 4. The van der Waals surface area contributed by atoms with E-state index in [2.05, 4.69) is 17.6 Å². The molecule has 1 aliphatic rings. The predicted octanol–water partition coefficient (Wildman–Crippen LogP) is 3.42. The van der Waals surface area contributed by atoms with Gasteiger partial charge in [-0.1, -0.05) is 90.4 Å². The summed E-state index contributed by atoms with van der Waals surface area (Å²) in [6.07, 6.45) is 8.63. The van der Waals surface area contributed by atoms with E-state index in [9.17, 15) is 34.8 Å². The first-order valence-corrected chi connectivity index (χ1v) is 15.5. The number of carbonyl (C=O) groups is 3. The number of rotatable bonds is 22. The van der Waals surface area contributed by atoms with Gasteiger partial charge in [-0.15, -0.1) is 0 Å². The molecule has 1 fully saturated rings. The number of esters is 1. The SMILES string of the molecule is CCCCCCCCCCCCCCC(=O)OC(=O)NCCCCCCNC(=O)OC[C@H]1O[C@H](O)[C@H](O)[C@@H](O)[C@@H]1O. The topological polar surface area (TPSA) is 184 Å². The quantitative estimate of drug-likeness (QED) is 0.0620. The fourth-order valence-corrected chi connectivity index (χ4v) is 4.56. The molecule has 1 heterocycles. The molecule has 0 unspecified atom stereocenters. The summed E-state index contributed by atoms with van der Waals surface area (Å²) in [6.45, 7) is 2.56. The van der Waals surface area contributed by atoms with E-state index in [0.717, 1.165) is 32.1 Å². The van der Waals surface area contributed by atoms with Crippen molar-refractivity contribution >= 4 is 18.2 Å². The number of unbranched alkanes of at least 4 members (excludes halogenated alkanes) is 14. The van der Waals surface area contributed by atoms with Gasteiger partial charge in [0.05, 0.1) is 0 Å². The zero-order valence-electron chi connectivity index (χ0n) is 24.8. The van der Waals surface area contributed by atoms with E-state index in [1.807, 2.05) is 0 Å². The molecule has 1 rings (SSSR count). The van der Waals surface area contributed by atoms with Crippen LogP contribution >= 0.6 is 0 Å². The van der Waals surface area contributed by atoms with Gasteiger partial charge in [-0.05, 0) is 19.3 Å². The molecule has 0 aliphatic carbocycles. The number of hydrogen-bond acceptors (Lipinski definition) is 10. The summed E-state index contributed by atoms with van der Waals surface area (Å²) in [4.78, 5) is 35.3. The lowest BCUT2D eigenvalue weighted by Crippen LogP contribution is -2.58. The summed E-state index contributed by atoms with van der Waals surface area (Å²) in [7, 11) is 0. The molecule has 0 bridgehead atoms. The highest BCUT2D eigenvalue weighted by Crippen LogP contribution is 2.20. The van der Waals surface area contributed by atoms with E-state index in [0.29, 0.717) is 25.9 Å². The van der Waals surface area contributed by atoms with E-state index >= 15 is 0 Å². The van der Waals surface area contributed by atoms with E-state index in [4.69, 9.17) is 14.2 Å². The molecule has 0 aromatic rings. The standard InChI is InChI=1S/C29H54N2O10/c1-2-3-4-5-6-7-8-9-10-11-12-15-18-23(32)41-29(38)31-20-17-14-13-16-19-30-28(37)39-21-22-24(33)25(34)26(35)27(36)40-22/h22,24-27,33-36H,2-21H2,1H3,(H,30,37)(H,31,38)/t22-,24-,25+,26-,27+/m1/s1. The number of hydrogen-bond donors (Lipinski definition) is 6. The van der Waals surface area contributed by atoms with Crippen LogP contribution in [0.25, 0.3) is 0 Å². The van der Waals surface area contributed by atoms with Gasteiger partial charge < -0.3 is 45.3 Å². The highest BCUT2D eigenvalue weighted by atomic mass is 16.7. The van der Waals surface area contributed by atoms with E-state index in [1.54, 1.807) is 0 Å². The molecule has 41 heavy (non-hydrogen) atoms. The lowest BCUT2D eigenvalue weighted by atomic mass is 9.99. The van der Waals surface area contributed by atoms with Crippen molar-refractivity contribution in [1.82, 2.24) is 10.6 Å². The van der Waals surface area contributed by atoms with Crippen LogP contribution in [0.2, 0.25) is 0 Å². The van der Waals surface area contributed by atoms with Crippen molar-refractivity contribution < 1.29 is 49.0 Å². The molecular formula is C29H54N2O10. The van der Waals surface area contributed by atoms with E-state index in [-0.39, 0.29) is 6.42 Å². The van der Waals surface area contributed by atoms with Gasteiger partial charge >= 0.3 is 18.2 Å². The Balaban J connectivity index is 1.90. The molecule has 0 radical (unpaired) electrons. The zero-order valence-corrected chi connectivity index (χ0v) is 24.8. The fourth-order valence-electron chi connectivity index (χ4n) is 4.56. The number of ether oxygens (including phenoxy) is 3. The molecule has 5 atom stereocenters. The summed E-state index contributed by atoms with van der Waals surface area (Å²) in [5, 5.41) is 43.5. The van der Waals surface area contributed by atoms with Gasteiger partial charge in [-0.2, -0.15) is 0 Å². The highest BCUT2D eigenvalue weighted by molar-refractivity contribution is 5.84. The average Bonchev–Trinajstić information content (AvgIpc) is 2.95. The number of carbonyl (C=O) groups excluding carboxylic acids is 3. The fraction of sp³-hybridized carbons (Fsp3) is 0.897. The Hall–Kier alpha value is -1.99. The number of nitrogens with one attached hydrogen (secondary N) is 2. The molecule has 0 spiro atoms. The third kappa shape index (κ3) is 18.2. The van der Waals surface area contributed by atoms with Gasteiger partial charge in [-0.25, -0.2) is 9.59 Å². The maximum atomic E-state index is 11.8. The normalized spacial score (nSPS) is 22.2. The first-order chi connectivity index (χ1) is 19.8. The Morgan fingerprint density at radius 1 is 0.634 bits per heavy atom. The second kappa shape index (κ2) is 23.6. The summed E-state index contributed by atoms with van der Waals surface area (Å²) in [6, 6.07) is 0. The Bertz CT molecular complexity index is 711. The maximum Gasteiger partial charge on any atom is 0.414 e. The smallest absolute Gasteiger partial charge is 0.414 e. The monoisotopic (exact) mass is 590 g/mol. The highest BCUT2D eigenvalue weighted by Gasteiger charge is 2.43. The van der Waals surface area contributed by atoms with Gasteiger partial charge in [0.2, 0.25) is 0 Å². The molecule has 240 valence electrons. The van der Waals surface area contributed by atoms with Gasteiger partial charge in [0.25, 0.3) is 0 Å². The minimum absolute atomic E-state index is 0.252. The van der Waals surface area contributed by atoms with Crippen LogP contribution in [0.1, 0.15) is 116 Å². The third-order valence-corrected chi connectivity index (χ3v) is 7.15. The van der Waals surface area contributed by atoms with Crippen molar-refractivity contribution in [1.29, 1.82) is 0 Å². The van der Waals surface area contributed by atoms with Gasteiger partial charge in [-0.3, -0.25) is 4.79 Å². The molecule has 0 saturated carbocycles. The average molecular weight is 591 g/mol. The molecule has 12 nitrogen and oxygen atoms in total. The second-order valence-electron chi connectivity index (χ2n) is 10.8. The van der Waals surface area contributed by atoms with Crippen LogP contribution in [0.4, 0.5) is 9.59 Å². The summed E-state index contributed by atoms with van der Waals surface area (Å²) in [5.74, 6) is -0.498. The Morgan fingerprint density at radius 3 is 1.68 bits per heavy atom.